The first-order valence-corrected chi connectivity index (χ1v) is 11.0. The highest BCUT2D eigenvalue weighted by Crippen LogP contribution is 2.22. The van der Waals surface area contributed by atoms with Crippen LogP contribution in [0.15, 0.2) is 54.6 Å². The molecule has 166 valence electrons. The van der Waals surface area contributed by atoms with Crippen molar-refractivity contribution in [2.75, 3.05) is 41.8 Å². The van der Waals surface area contributed by atoms with Gasteiger partial charge in [-0.2, -0.15) is 9.97 Å². The van der Waals surface area contributed by atoms with Gasteiger partial charge in [-0.05, 0) is 42.8 Å². The smallest absolute Gasteiger partial charge is 0.323 e. The van der Waals surface area contributed by atoms with Crippen molar-refractivity contribution < 1.29 is 9.53 Å². The standard InChI is InChI=1S/C24H28N6O2/c1-2-3-9-21-27-22(29-23(28-21)30-14-16-32-17-15-30)18-10-12-20(13-11-18)26-24(31)25-19-7-5-4-6-8-19/h4-8,10-13H,2-3,9,14-17H2,1H3,(H2,25,26,31). The quantitative estimate of drug-likeness (QED) is 0.576. The van der Waals surface area contributed by atoms with Crippen molar-refractivity contribution in [1.29, 1.82) is 0 Å². The molecule has 2 aromatic carbocycles. The van der Waals surface area contributed by atoms with Gasteiger partial charge in [0.1, 0.15) is 5.82 Å². The summed E-state index contributed by atoms with van der Waals surface area (Å²) >= 11 is 0. The van der Waals surface area contributed by atoms with Crippen molar-refractivity contribution in [3.05, 3.63) is 60.4 Å². The molecule has 3 aromatic rings. The Morgan fingerprint density at radius 2 is 1.62 bits per heavy atom. The van der Waals surface area contributed by atoms with Gasteiger partial charge in [0, 0.05) is 36.4 Å². The second-order valence-corrected chi connectivity index (χ2v) is 7.60. The van der Waals surface area contributed by atoms with E-state index in [0.717, 1.165) is 49.4 Å². The minimum absolute atomic E-state index is 0.291. The number of nitrogens with zero attached hydrogens (tertiary/aromatic N) is 4. The first kappa shape index (κ1) is 21.7. The van der Waals surface area contributed by atoms with Crippen molar-refractivity contribution in [3.8, 4) is 11.4 Å². The molecule has 1 saturated heterocycles. The van der Waals surface area contributed by atoms with E-state index in [-0.39, 0.29) is 6.03 Å². The lowest BCUT2D eigenvalue weighted by atomic mass is 10.2. The topological polar surface area (TPSA) is 92.3 Å². The van der Waals surface area contributed by atoms with Crippen molar-refractivity contribution in [3.63, 3.8) is 0 Å². The van der Waals surface area contributed by atoms with Crippen molar-refractivity contribution >= 4 is 23.4 Å². The third-order valence-corrected chi connectivity index (χ3v) is 5.15. The number of aromatic nitrogens is 3. The SMILES string of the molecule is CCCCc1nc(-c2ccc(NC(=O)Nc3ccccc3)cc2)nc(N2CCOCC2)n1. The second-order valence-electron chi connectivity index (χ2n) is 7.60. The predicted molar refractivity (Wildman–Crippen MR) is 126 cm³/mol. The van der Waals surface area contributed by atoms with Crippen LogP contribution in [-0.2, 0) is 11.2 Å². The third-order valence-electron chi connectivity index (χ3n) is 5.15. The summed E-state index contributed by atoms with van der Waals surface area (Å²) in [5.41, 5.74) is 2.31. The molecule has 0 saturated carbocycles. The Morgan fingerprint density at radius 1 is 0.938 bits per heavy atom. The summed E-state index contributed by atoms with van der Waals surface area (Å²) < 4.78 is 5.46. The molecule has 2 heterocycles. The highest BCUT2D eigenvalue weighted by Gasteiger charge is 2.17. The second kappa shape index (κ2) is 10.7. The fraction of sp³-hybridized carbons (Fsp3) is 0.333. The average Bonchev–Trinajstić information content (AvgIpc) is 2.84. The summed E-state index contributed by atoms with van der Waals surface area (Å²) in [5.74, 6) is 2.16. The van der Waals surface area contributed by atoms with E-state index >= 15 is 0 Å². The molecule has 8 nitrogen and oxygen atoms in total. The van der Waals surface area contributed by atoms with Crippen LogP contribution in [0, 0.1) is 0 Å². The number of amides is 2. The number of morpholine rings is 1. The number of hydrogen-bond donors (Lipinski definition) is 2. The number of rotatable bonds is 7. The van der Waals surface area contributed by atoms with Gasteiger partial charge in [0.05, 0.1) is 13.2 Å². The van der Waals surface area contributed by atoms with Crippen molar-refractivity contribution in [2.24, 2.45) is 0 Å². The number of unbranched alkanes of at least 4 members (excludes halogenated alkanes) is 1. The number of benzene rings is 2. The van der Waals surface area contributed by atoms with Gasteiger partial charge in [-0.25, -0.2) is 9.78 Å². The molecule has 0 aliphatic carbocycles. The van der Waals surface area contributed by atoms with Gasteiger partial charge >= 0.3 is 6.03 Å². The van der Waals surface area contributed by atoms with E-state index in [1.54, 1.807) is 0 Å². The first-order chi connectivity index (χ1) is 15.7. The summed E-state index contributed by atoms with van der Waals surface area (Å²) in [6.45, 7) is 5.06. The molecule has 1 aliphatic rings. The van der Waals surface area contributed by atoms with E-state index in [9.17, 15) is 4.79 Å². The van der Waals surface area contributed by atoms with E-state index in [1.165, 1.54) is 0 Å². The first-order valence-electron chi connectivity index (χ1n) is 11.0. The van der Waals surface area contributed by atoms with Gasteiger partial charge in [-0.1, -0.05) is 31.5 Å². The van der Waals surface area contributed by atoms with Crippen LogP contribution < -0.4 is 15.5 Å². The number of nitrogens with one attached hydrogen (secondary N) is 2. The number of para-hydroxylation sites is 1. The maximum absolute atomic E-state index is 12.2. The molecule has 8 heteroatoms. The summed E-state index contributed by atoms with van der Waals surface area (Å²) in [7, 11) is 0. The van der Waals surface area contributed by atoms with Crippen LogP contribution in [0.25, 0.3) is 11.4 Å². The van der Waals surface area contributed by atoms with Gasteiger partial charge in [0.2, 0.25) is 5.95 Å². The highest BCUT2D eigenvalue weighted by molar-refractivity contribution is 5.99. The van der Waals surface area contributed by atoms with E-state index in [1.807, 2.05) is 54.6 Å². The van der Waals surface area contributed by atoms with E-state index < -0.39 is 0 Å². The minimum Gasteiger partial charge on any atom is -0.378 e. The number of carbonyl (C=O) groups is 1. The molecular formula is C24H28N6O2. The molecule has 0 bridgehead atoms. The zero-order chi connectivity index (χ0) is 22.2. The summed E-state index contributed by atoms with van der Waals surface area (Å²) in [6, 6.07) is 16.6. The molecule has 0 atom stereocenters. The molecule has 4 rings (SSSR count). The van der Waals surface area contributed by atoms with Crippen molar-refractivity contribution in [2.45, 2.75) is 26.2 Å². The van der Waals surface area contributed by atoms with Gasteiger partial charge in [0.15, 0.2) is 5.82 Å². The number of ether oxygens (including phenoxy) is 1. The fourth-order valence-corrected chi connectivity index (χ4v) is 3.41. The molecule has 2 N–H and O–H groups in total. The lowest BCUT2D eigenvalue weighted by molar-refractivity contribution is 0.122. The molecule has 0 radical (unpaired) electrons. The highest BCUT2D eigenvalue weighted by atomic mass is 16.5. The molecule has 1 aromatic heterocycles. The van der Waals surface area contributed by atoms with Gasteiger partial charge in [-0.15, -0.1) is 0 Å². The van der Waals surface area contributed by atoms with E-state index in [4.69, 9.17) is 19.7 Å². The van der Waals surface area contributed by atoms with Crippen LogP contribution in [-0.4, -0.2) is 47.3 Å². The number of aryl methyl sites for hydroxylation is 1. The summed E-state index contributed by atoms with van der Waals surface area (Å²) in [5, 5.41) is 5.65. The Hall–Kier alpha value is -3.52. The molecule has 0 spiro atoms. The number of carbonyl (C=O) groups excluding carboxylic acids is 1. The van der Waals surface area contributed by atoms with Crippen molar-refractivity contribution in [1.82, 2.24) is 15.0 Å². The Bertz CT molecular complexity index is 1020. The van der Waals surface area contributed by atoms with E-state index in [2.05, 4.69) is 22.5 Å². The lowest BCUT2D eigenvalue weighted by Gasteiger charge is -2.27. The molecule has 1 fully saturated rings. The van der Waals surface area contributed by atoms with Gasteiger partial charge in [-0.3, -0.25) is 0 Å². The van der Waals surface area contributed by atoms with E-state index in [0.29, 0.717) is 30.7 Å². The predicted octanol–water partition coefficient (Wildman–Crippen LogP) is 4.36. The number of anilines is 3. The zero-order valence-corrected chi connectivity index (χ0v) is 18.3. The average molecular weight is 433 g/mol. The molecule has 2 amide bonds. The fourth-order valence-electron chi connectivity index (χ4n) is 3.41. The molecule has 0 unspecified atom stereocenters. The molecule has 1 aliphatic heterocycles. The van der Waals surface area contributed by atoms with Crippen LogP contribution in [0.3, 0.4) is 0 Å². The maximum Gasteiger partial charge on any atom is 0.323 e. The number of hydrogen-bond acceptors (Lipinski definition) is 6. The minimum atomic E-state index is -0.291. The zero-order valence-electron chi connectivity index (χ0n) is 18.3. The Morgan fingerprint density at radius 3 is 2.31 bits per heavy atom. The molecule has 32 heavy (non-hydrogen) atoms. The summed E-state index contributed by atoms with van der Waals surface area (Å²) in [6.07, 6.45) is 2.94. The maximum atomic E-state index is 12.2. The largest absolute Gasteiger partial charge is 0.378 e. The monoisotopic (exact) mass is 432 g/mol. The third kappa shape index (κ3) is 5.79. The van der Waals surface area contributed by atoms with Crippen LogP contribution in [0.4, 0.5) is 22.1 Å². The Balaban J connectivity index is 1.50. The molecular weight excluding hydrogens is 404 g/mol. The van der Waals surface area contributed by atoms with Crippen LogP contribution >= 0.6 is 0 Å². The Labute approximate surface area is 188 Å². The Kier molecular flexibility index (Phi) is 7.24. The van der Waals surface area contributed by atoms with Gasteiger partial charge < -0.3 is 20.3 Å². The normalized spacial score (nSPS) is 13.6. The van der Waals surface area contributed by atoms with Crippen LogP contribution in [0.1, 0.15) is 25.6 Å². The lowest BCUT2D eigenvalue weighted by Crippen LogP contribution is -2.37. The van der Waals surface area contributed by atoms with Crippen LogP contribution in [0.5, 0.6) is 0 Å². The summed E-state index contributed by atoms with van der Waals surface area (Å²) in [4.78, 5) is 28.5. The number of urea groups is 1. The van der Waals surface area contributed by atoms with Crippen LogP contribution in [0.2, 0.25) is 0 Å². The van der Waals surface area contributed by atoms with Gasteiger partial charge in [0.25, 0.3) is 0 Å².